The summed E-state index contributed by atoms with van der Waals surface area (Å²) in [6, 6.07) is 4.93. The van der Waals surface area contributed by atoms with Gasteiger partial charge in [-0.25, -0.2) is 0 Å². The fourth-order valence-electron chi connectivity index (χ4n) is 2.46. The lowest BCUT2D eigenvalue weighted by Crippen LogP contribution is -2.46. The molecule has 1 aromatic rings. The minimum Gasteiger partial charge on any atom is -0.344 e. The van der Waals surface area contributed by atoms with Crippen LogP contribution in [0.3, 0.4) is 0 Å². The van der Waals surface area contributed by atoms with Crippen molar-refractivity contribution in [1.82, 2.24) is 4.90 Å². The summed E-state index contributed by atoms with van der Waals surface area (Å²) >= 11 is 0. The first-order valence-corrected chi connectivity index (χ1v) is 7.44. The second-order valence-corrected chi connectivity index (χ2v) is 7.23. The zero-order valence-electron chi connectivity index (χ0n) is 14.7. The van der Waals surface area contributed by atoms with Crippen molar-refractivity contribution >= 4 is 18.3 Å². The lowest BCUT2D eigenvalue weighted by molar-refractivity contribution is -0.139. The van der Waals surface area contributed by atoms with Crippen LogP contribution in [0.5, 0.6) is 0 Å². The van der Waals surface area contributed by atoms with Crippen LogP contribution in [0.2, 0.25) is 0 Å². The van der Waals surface area contributed by atoms with E-state index in [2.05, 4.69) is 0 Å². The van der Waals surface area contributed by atoms with Crippen molar-refractivity contribution in [3.05, 3.63) is 35.4 Å². The maximum atomic E-state index is 12.9. The molecule has 24 heavy (non-hydrogen) atoms. The average molecular weight is 367 g/mol. The lowest BCUT2D eigenvalue weighted by atomic mass is 9.81. The largest absolute Gasteiger partial charge is 0.416 e. The van der Waals surface area contributed by atoms with E-state index in [1.54, 1.807) is 27.0 Å². The lowest BCUT2D eigenvalue weighted by Gasteiger charge is -2.35. The number of carbonyl (C=O) groups excluding carboxylic acids is 1. The average Bonchev–Trinajstić information content (AvgIpc) is 2.45. The van der Waals surface area contributed by atoms with E-state index >= 15 is 0 Å². The number of amides is 1. The standard InChI is InChI=1S/C17H25F3N2O.ClH/c1-15(2,10-21)11-22(5)14(23)16(3,4)12-7-6-8-13(9-12)17(18,19)20;/h6-9H,10-11,21H2,1-5H3;1H. The summed E-state index contributed by atoms with van der Waals surface area (Å²) in [5.41, 5.74) is 3.96. The van der Waals surface area contributed by atoms with Crippen LogP contribution in [0.25, 0.3) is 0 Å². The summed E-state index contributed by atoms with van der Waals surface area (Å²) in [6.45, 7) is 8.00. The molecule has 138 valence electrons. The third-order valence-corrected chi connectivity index (χ3v) is 4.01. The number of nitrogens with two attached hydrogens (primary N) is 1. The molecule has 0 aliphatic rings. The first-order chi connectivity index (χ1) is 10.3. The van der Waals surface area contributed by atoms with E-state index in [1.807, 2.05) is 13.8 Å². The minimum atomic E-state index is -4.43. The Morgan fingerprint density at radius 2 is 1.62 bits per heavy atom. The third kappa shape index (κ3) is 5.38. The number of alkyl halides is 3. The molecular weight excluding hydrogens is 341 g/mol. The van der Waals surface area contributed by atoms with Crippen molar-refractivity contribution in [1.29, 1.82) is 0 Å². The monoisotopic (exact) mass is 366 g/mol. The molecule has 0 spiro atoms. The molecular formula is C17H26ClF3N2O. The van der Waals surface area contributed by atoms with Crippen molar-refractivity contribution in [2.24, 2.45) is 11.1 Å². The molecule has 0 aliphatic carbocycles. The number of rotatable bonds is 5. The van der Waals surface area contributed by atoms with E-state index in [9.17, 15) is 18.0 Å². The number of hydrogen-bond donors (Lipinski definition) is 1. The molecule has 0 radical (unpaired) electrons. The van der Waals surface area contributed by atoms with Gasteiger partial charge in [0.15, 0.2) is 0 Å². The Morgan fingerprint density at radius 3 is 2.08 bits per heavy atom. The van der Waals surface area contributed by atoms with Gasteiger partial charge in [0.1, 0.15) is 0 Å². The third-order valence-electron chi connectivity index (χ3n) is 4.01. The van der Waals surface area contributed by atoms with Gasteiger partial charge in [-0.15, -0.1) is 12.4 Å². The van der Waals surface area contributed by atoms with Gasteiger partial charge in [-0.3, -0.25) is 4.79 Å². The van der Waals surface area contributed by atoms with Gasteiger partial charge in [0, 0.05) is 13.6 Å². The van der Waals surface area contributed by atoms with Crippen molar-refractivity contribution in [3.63, 3.8) is 0 Å². The fourth-order valence-corrected chi connectivity index (χ4v) is 2.46. The van der Waals surface area contributed by atoms with Crippen molar-refractivity contribution in [3.8, 4) is 0 Å². The quantitative estimate of drug-likeness (QED) is 0.860. The molecule has 0 heterocycles. The molecule has 7 heteroatoms. The molecule has 0 saturated carbocycles. The van der Waals surface area contributed by atoms with E-state index in [0.29, 0.717) is 18.7 Å². The molecule has 0 saturated heterocycles. The van der Waals surface area contributed by atoms with E-state index in [-0.39, 0.29) is 23.7 Å². The Hall–Kier alpha value is -1.27. The molecule has 0 atom stereocenters. The molecule has 1 rings (SSSR count). The van der Waals surface area contributed by atoms with E-state index in [1.165, 1.54) is 11.0 Å². The number of likely N-dealkylation sites (N-methyl/N-ethyl adjacent to an activating group) is 1. The summed E-state index contributed by atoms with van der Waals surface area (Å²) in [6.07, 6.45) is -4.43. The van der Waals surface area contributed by atoms with Gasteiger partial charge in [-0.1, -0.05) is 32.0 Å². The van der Waals surface area contributed by atoms with Crippen LogP contribution in [0.1, 0.15) is 38.8 Å². The summed E-state index contributed by atoms with van der Waals surface area (Å²) in [5, 5.41) is 0. The predicted molar refractivity (Wildman–Crippen MR) is 92.2 cm³/mol. The number of hydrogen-bond acceptors (Lipinski definition) is 2. The van der Waals surface area contributed by atoms with Crippen LogP contribution in [0, 0.1) is 5.41 Å². The summed E-state index contributed by atoms with van der Waals surface area (Å²) in [7, 11) is 1.65. The minimum absolute atomic E-state index is 0. The zero-order valence-corrected chi connectivity index (χ0v) is 15.5. The van der Waals surface area contributed by atoms with Gasteiger partial charge in [0.25, 0.3) is 0 Å². The molecule has 2 N–H and O–H groups in total. The topological polar surface area (TPSA) is 46.3 Å². The molecule has 0 fully saturated rings. The van der Waals surface area contributed by atoms with Crippen LogP contribution < -0.4 is 5.73 Å². The Bertz CT molecular complexity index is 571. The van der Waals surface area contributed by atoms with Gasteiger partial charge in [0.2, 0.25) is 5.91 Å². The Labute approximate surface area is 147 Å². The smallest absolute Gasteiger partial charge is 0.344 e. The van der Waals surface area contributed by atoms with E-state index in [4.69, 9.17) is 5.73 Å². The van der Waals surface area contributed by atoms with Crippen molar-refractivity contribution < 1.29 is 18.0 Å². The van der Waals surface area contributed by atoms with Gasteiger partial charge < -0.3 is 10.6 Å². The molecule has 3 nitrogen and oxygen atoms in total. The number of carbonyl (C=O) groups is 1. The van der Waals surface area contributed by atoms with Crippen LogP contribution in [-0.4, -0.2) is 30.9 Å². The summed E-state index contributed by atoms with van der Waals surface area (Å²) in [5.74, 6) is -0.238. The summed E-state index contributed by atoms with van der Waals surface area (Å²) < 4.78 is 38.6. The first kappa shape index (κ1) is 22.7. The Balaban J connectivity index is 0.00000529. The highest BCUT2D eigenvalue weighted by Gasteiger charge is 2.37. The SMILES string of the molecule is CN(CC(C)(C)CN)C(=O)C(C)(C)c1cccc(C(F)(F)F)c1.Cl. The second kappa shape index (κ2) is 7.74. The van der Waals surface area contributed by atoms with Crippen LogP contribution in [-0.2, 0) is 16.4 Å². The second-order valence-electron chi connectivity index (χ2n) is 7.23. The number of nitrogens with zero attached hydrogens (tertiary/aromatic N) is 1. The highest BCUT2D eigenvalue weighted by atomic mass is 35.5. The highest BCUT2D eigenvalue weighted by Crippen LogP contribution is 2.33. The molecule has 0 bridgehead atoms. The van der Waals surface area contributed by atoms with E-state index in [0.717, 1.165) is 12.1 Å². The normalized spacial score (nSPS) is 12.5. The van der Waals surface area contributed by atoms with Gasteiger partial charge in [0.05, 0.1) is 11.0 Å². The number of benzene rings is 1. The molecule has 0 unspecified atom stereocenters. The zero-order chi connectivity index (χ0) is 18.1. The molecule has 1 amide bonds. The highest BCUT2D eigenvalue weighted by molar-refractivity contribution is 5.87. The fraction of sp³-hybridized carbons (Fsp3) is 0.588. The van der Waals surface area contributed by atoms with Gasteiger partial charge in [-0.2, -0.15) is 13.2 Å². The molecule has 0 aromatic heterocycles. The first-order valence-electron chi connectivity index (χ1n) is 7.44. The molecule has 0 aliphatic heterocycles. The van der Waals surface area contributed by atoms with Crippen LogP contribution >= 0.6 is 12.4 Å². The van der Waals surface area contributed by atoms with Crippen molar-refractivity contribution in [2.75, 3.05) is 20.1 Å². The Morgan fingerprint density at radius 1 is 1.12 bits per heavy atom. The number of halogens is 4. The molecule has 1 aromatic carbocycles. The van der Waals surface area contributed by atoms with Gasteiger partial charge in [-0.05, 0) is 37.4 Å². The maximum Gasteiger partial charge on any atom is 0.416 e. The predicted octanol–water partition coefficient (Wildman–Crippen LogP) is 3.85. The maximum absolute atomic E-state index is 12.9. The van der Waals surface area contributed by atoms with Crippen LogP contribution in [0.4, 0.5) is 13.2 Å². The summed E-state index contributed by atoms with van der Waals surface area (Å²) in [4.78, 5) is 14.3. The van der Waals surface area contributed by atoms with Gasteiger partial charge >= 0.3 is 6.18 Å². The van der Waals surface area contributed by atoms with Crippen molar-refractivity contribution in [2.45, 2.75) is 39.3 Å². The van der Waals surface area contributed by atoms with Crippen LogP contribution in [0.15, 0.2) is 24.3 Å². The van der Waals surface area contributed by atoms with E-state index < -0.39 is 17.2 Å². The Kier molecular flexibility index (Phi) is 7.33.